The summed E-state index contributed by atoms with van der Waals surface area (Å²) < 4.78 is 19.4. The van der Waals surface area contributed by atoms with Gasteiger partial charge in [0.2, 0.25) is 0 Å². The fourth-order valence-corrected chi connectivity index (χ4v) is 5.56. The Hall–Kier alpha value is -3.22. The van der Waals surface area contributed by atoms with Crippen molar-refractivity contribution in [2.45, 2.75) is 52.4 Å². The molecule has 202 valence electrons. The van der Waals surface area contributed by atoms with E-state index in [0.29, 0.717) is 18.7 Å². The van der Waals surface area contributed by atoms with Gasteiger partial charge in [-0.3, -0.25) is 14.6 Å². The Morgan fingerprint density at radius 2 is 1.66 bits per heavy atom. The molecule has 1 aliphatic rings. The molecule has 4 rings (SSSR count). The van der Waals surface area contributed by atoms with Gasteiger partial charge in [0.25, 0.3) is 5.91 Å². The Labute approximate surface area is 226 Å². The van der Waals surface area contributed by atoms with Crippen LogP contribution in [-0.4, -0.2) is 66.0 Å². The van der Waals surface area contributed by atoms with E-state index >= 15 is 0 Å². The van der Waals surface area contributed by atoms with Crippen LogP contribution in [0.2, 0.25) is 0 Å². The molecule has 0 aliphatic carbocycles. The van der Waals surface area contributed by atoms with Crippen molar-refractivity contribution in [3.63, 3.8) is 0 Å². The van der Waals surface area contributed by atoms with Crippen molar-refractivity contribution in [2.75, 3.05) is 33.3 Å². The van der Waals surface area contributed by atoms with Crippen molar-refractivity contribution in [2.24, 2.45) is 0 Å². The number of methoxy groups -OCH3 is 1. The maximum Gasteiger partial charge on any atom is 0.253 e. The number of hydrogen-bond donors (Lipinski definition) is 0. The summed E-state index contributed by atoms with van der Waals surface area (Å²) in [5.74, 6) is 0.696. The molecular formula is C32H40FN3O2. The van der Waals surface area contributed by atoms with E-state index in [0.717, 1.165) is 42.1 Å². The van der Waals surface area contributed by atoms with Crippen molar-refractivity contribution in [1.29, 1.82) is 0 Å². The van der Waals surface area contributed by atoms with E-state index in [-0.39, 0.29) is 29.8 Å². The lowest BCUT2D eigenvalue weighted by Gasteiger charge is -2.47. The predicted molar refractivity (Wildman–Crippen MR) is 151 cm³/mol. The SMILES string of the molecule is CCN(CC)C(=O)c1ccc([C@H](c2cccc(OC)c2)N2C[C@@H](C)N(Cc3cccc(F)c3)C[C@@H]2C)cc1. The summed E-state index contributed by atoms with van der Waals surface area (Å²) in [6.07, 6.45) is 0. The van der Waals surface area contributed by atoms with E-state index in [9.17, 15) is 9.18 Å². The molecule has 0 N–H and O–H groups in total. The van der Waals surface area contributed by atoms with Crippen LogP contribution in [-0.2, 0) is 6.54 Å². The van der Waals surface area contributed by atoms with Gasteiger partial charge in [-0.15, -0.1) is 0 Å². The number of halogens is 1. The van der Waals surface area contributed by atoms with Crippen LogP contribution in [0.1, 0.15) is 60.8 Å². The molecule has 0 radical (unpaired) electrons. The number of nitrogens with zero attached hydrogens (tertiary/aromatic N) is 3. The first kappa shape index (κ1) is 27.8. The molecule has 38 heavy (non-hydrogen) atoms. The average Bonchev–Trinajstić information content (AvgIpc) is 2.92. The van der Waals surface area contributed by atoms with Gasteiger partial charge < -0.3 is 9.64 Å². The highest BCUT2D eigenvalue weighted by Gasteiger charge is 2.35. The summed E-state index contributed by atoms with van der Waals surface area (Å²) in [7, 11) is 1.69. The molecule has 1 saturated heterocycles. The van der Waals surface area contributed by atoms with Gasteiger partial charge in [0.1, 0.15) is 11.6 Å². The highest BCUT2D eigenvalue weighted by Crippen LogP contribution is 2.35. The van der Waals surface area contributed by atoms with Gasteiger partial charge in [-0.25, -0.2) is 4.39 Å². The minimum absolute atomic E-state index is 0.0106. The fourth-order valence-electron chi connectivity index (χ4n) is 5.56. The summed E-state index contributed by atoms with van der Waals surface area (Å²) in [5, 5.41) is 0. The van der Waals surface area contributed by atoms with E-state index < -0.39 is 0 Å². The molecular weight excluding hydrogens is 477 g/mol. The maximum atomic E-state index is 13.8. The highest BCUT2D eigenvalue weighted by atomic mass is 19.1. The van der Waals surface area contributed by atoms with Crippen LogP contribution < -0.4 is 4.74 Å². The number of hydrogen-bond acceptors (Lipinski definition) is 4. The molecule has 3 aromatic rings. The number of amides is 1. The smallest absolute Gasteiger partial charge is 0.253 e. The minimum atomic E-state index is -0.192. The van der Waals surface area contributed by atoms with Crippen LogP contribution in [0.15, 0.2) is 72.8 Å². The monoisotopic (exact) mass is 517 g/mol. The Kier molecular flexibility index (Phi) is 9.18. The maximum absolute atomic E-state index is 13.8. The summed E-state index contributed by atoms with van der Waals surface area (Å²) in [4.78, 5) is 19.7. The van der Waals surface area contributed by atoms with E-state index in [1.54, 1.807) is 19.2 Å². The van der Waals surface area contributed by atoms with Crippen LogP contribution in [0, 0.1) is 5.82 Å². The molecule has 1 aliphatic heterocycles. The van der Waals surface area contributed by atoms with Crippen LogP contribution in [0.3, 0.4) is 0 Å². The first-order valence-electron chi connectivity index (χ1n) is 13.6. The van der Waals surface area contributed by atoms with Crippen molar-refractivity contribution < 1.29 is 13.9 Å². The molecule has 5 nitrogen and oxygen atoms in total. The third-order valence-electron chi connectivity index (χ3n) is 7.70. The van der Waals surface area contributed by atoms with Crippen LogP contribution in [0.25, 0.3) is 0 Å². The Morgan fingerprint density at radius 1 is 0.947 bits per heavy atom. The first-order valence-corrected chi connectivity index (χ1v) is 13.6. The number of rotatable bonds is 9. The van der Waals surface area contributed by atoms with Crippen molar-refractivity contribution in [3.05, 3.63) is 101 Å². The molecule has 0 bridgehead atoms. The molecule has 0 unspecified atom stereocenters. The molecule has 1 heterocycles. The Balaban J connectivity index is 1.63. The summed E-state index contributed by atoms with van der Waals surface area (Å²) in [6, 6.07) is 23.8. The lowest BCUT2D eigenvalue weighted by Crippen LogP contribution is -2.56. The van der Waals surface area contributed by atoms with Gasteiger partial charge >= 0.3 is 0 Å². The van der Waals surface area contributed by atoms with Crippen molar-refractivity contribution in [3.8, 4) is 5.75 Å². The highest BCUT2D eigenvalue weighted by molar-refractivity contribution is 5.94. The summed E-state index contributed by atoms with van der Waals surface area (Å²) in [5.41, 5.74) is 4.01. The van der Waals surface area contributed by atoms with E-state index in [1.807, 2.05) is 49.1 Å². The lowest BCUT2D eigenvalue weighted by atomic mass is 9.92. The van der Waals surface area contributed by atoms with E-state index in [4.69, 9.17) is 4.74 Å². The zero-order chi connectivity index (χ0) is 27.2. The number of carbonyl (C=O) groups excluding carboxylic acids is 1. The van der Waals surface area contributed by atoms with Gasteiger partial charge in [0.15, 0.2) is 0 Å². The third kappa shape index (κ3) is 6.25. The van der Waals surface area contributed by atoms with Gasteiger partial charge in [0.05, 0.1) is 13.2 Å². The zero-order valence-electron chi connectivity index (χ0n) is 23.2. The third-order valence-corrected chi connectivity index (χ3v) is 7.70. The van der Waals surface area contributed by atoms with Crippen LogP contribution in [0.5, 0.6) is 5.75 Å². The quantitative estimate of drug-likeness (QED) is 0.349. The van der Waals surface area contributed by atoms with Gasteiger partial charge in [0, 0.05) is 50.4 Å². The van der Waals surface area contributed by atoms with Crippen molar-refractivity contribution in [1.82, 2.24) is 14.7 Å². The van der Waals surface area contributed by atoms with Crippen LogP contribution >= 0.6 is 0 Å². The van der Waals surface area contributed by atoms with Gasteiger partial charge in [-0.1, -0.05) is 36.4 Å². The minimum Gasteiger partial charge on any atom is -0.497 e. The predicted octanol–water partition coefficient (Wildman–Crippen LogP) is 6.00. The first-order chi connectivity index (χ1) is 18.3. The summed E-state index contributed by atoms with van der Waals surface area (Å²) in [6.45, 7) is 12.4. The van der Waals surface area contributed by atoms with E-state index in [2.05, 4.69) is 47.9 Å². The second-order valence-corrected chi connectivity index (χ2v) is 10.2. The number of carbonyl (C=O) groups is 1. The molecule has 6 heteroatoms. The fraction of sp³-hybridized carbons (Fsp3) is 0.406. The number of piperazine rings is 1. The molecule has 3 aromatic carbocycles. The second-order valence-electron chi connectivity index (χ2n) is 10.2. The standard InChI is InChI=1S/C32H40FN3O2/c1-6-34(7-2)32(37)27-16-14-26(15-17-27)31(28-11-9-13-30(19-28)38-5)36-21-23(3)35(20-24(36)4)22-25-10-8-12-29(33)18-25/h8-19,23-24,31H,6-7,20-22H2,1-5H3/t23-,24+,31-/m1/s1. The molecule has 0 saturated carbocycles. The second kappa shape index (κ2) is 12.5. The number of ether oxygens (including phenoxy) is 1. The molecule has 3 atom stereocenters. The Morgan fingerprint density at radius 3 is 2.32 bits per heavy atom. The normalized spacial score (nSPS) is 19.2. The van der Waals surface area contributed by atoms with Gasteiger partial charge in [-0.2, -0.15) is 0 Å². The average molecular weight is 518 g/mol. The summed E-state index contributed by atoms with van der Waals surface area (Å²) >= 11 is 0. The zero-order valence-corrected chi connectivity index (χ0v) is 23.2. The number of benzene rings is 3. The molecule has 1 fully saturated rings. The van der Waals surface area contributed by atoms with E-state index in [1.165, 1.54) is 6.07 Å². The van der Waals surface area contributed by atoms with Crippen molar-refractivity contribution >= 4 is 5.91 Å². The Bertz CT molecular complexity index is 1210. The molecule has 0 aromatic heterocycles. The lowest BCUT2D eigenvalue weighted by molar-refractivity contribution is 0.0194. The van der Waals surface area contributed by atoms with Crippen LogP contribution in [0.4, 0.5) is 4.39 Å². The molecule has 1 amide bonds. The van der Waals surface area contributed by atoms with Gasteiger partial charge in [-0.05, 0) is 80.8 Å². The largest absolute Gasteiger partial charge is 0.497 e. The topological polar surface area (TPSA) is 36.0 Å². The molecule has 0 spiro atoms.